The maximum absolute atomic E-state index is 12.6. The number of carbonyl (C=O) groups excluding carboxylic acids is 1. The SMILES string of the molecule is O=C1/C(=C\c2ccc(COc3ccc(Cl)c(Cl)c3)o2)NC(=S)N1CC1CCCO1. The molecule has 9 heteroatoms. The summed E-state index contributed by atoms with van der Waals surface area (Å²) in [4.78, 5) is 14.2. The molecule has 152 valence electrons. The molecule has 1 aromatic carbocycles. The van der Waals surface area contributed by atoms with Crippen LogP contribution in [0.1, 0.15) is 24.4 Å². The first kappa shape index (κ1) is 20.2. The highest BCUT2D eigenvalue weighted by Crippen LogP contribution is 2.27. The van der Waals surface area contributed by atoms with Gasteiger partial charge in [0.2, 0.25) is 0 Å². The molecule has 0 bridgehead atoms. The number of furan rings is 1. The van der Waals surface area contributed by atoms with E-state index in [1.165, 1.54) is 4.90 Å². The van der Waals surface area contributed by atoms with Crippen molar-refractivity contribution in [2.24, 2.45) is 0 Å². The normalized spacial score (nSPS) is 20.6. The Balaban J connectivity index is 1.38. The fourth-order valence-corrected chi connectivity index (χ4v) is 3.70. The molecule has 29 heavy (non-hydrogen) atoms. The number of amides is 1. The number of thiocarbonyl (C=S) groups is 1. The Kier molecular flexibility index (Phi) is 6.10. The maximum Gasteiger partial charge on any atom is 0.276 e. The van der Waals surface area contributed by atoms with Gasteiger partial charge in [-0.05, 0) is 49.3 Å². The maximum atomic E-state index is 12.6. The van der Waals surface area contributed by atoms with Crippen molar-refractivity contribution in [2.75, 3.05) is 13.2 Å². The molecule has 1 amide bonds. The van der Waals surface area contributed by atoms with E-state index >= 15 is 0 Å². The Morgan fingerprint density at radius 1 is 1.28 bits per heavy atom. The van der Waals surface area contributed by atoms with Gasteiger partial charge in [0.1, 0.15) is 29.6 Å². The molecule has 1 atom stereocenters. The number of rotatable bonds is 6. The number of benzene rings is 1. The van der Waals surface area contributed by atoms with Gasteiger partial charge in [0.15, 0.2) is 5.11 Å². The molecule has 4 rings (SSSR count). The molecule has 0 aliphatic carbocycles. The van der Waals surface area contributed by atoms with Gasteiger partial charge < -0.3 is 19.2 Å². The standard InChI is InChI=1S/C20H18Cl2N2O4S/c21-16-6-5-12(8-17(16)22)27-11-15-4-3-13(28-15)9-18-19(25)24(20(29)23-18)10-14-2-1-7-26-14/h3-6,8-9,14H,1-2,7,10-11H2,(H,23,29)/b18-9+. The van der Waals surface area contributed by atoms with E-state index in [1.807, 2.05) is 0 Å². The second kappa shape index (κ2) is 8.75. The number of nitrogens with one attached hydrogen (secondary N) is 1. The van der Waals surface area contributed by atoms with Gasteiger partial charge in [-0.15, -0.1) is 0 Å². The van der Waals surface area contributed by atoms with Gasteiger partial charge in [-0.3, -0.25) is 9.69 Å². The first-order chi connectivity index (χ1) is 14.0. The molecule has 3 heterocycles. The third-order valence-electron chi connectivity index (χ3n) is 4.61. The van der Waals surface area contributed by atoms with E-state index < -0.39 is 0 Å². The summed E-state index contributed by atoms with van der Waals surface area (Å²) in [7, 11) is 0. The second-order valence-electron chi connectivity index (χ2n) is 6.71. The van der Waals surface area contributed by atoms with Gasteiger partial charge >= 0.3 is 0 Å². The highest BCUT2D eigenvalue weighted by atomic mass is 35.5. The van der Waals surface area contributed by atoms with Gasteiger partial charge in [-0.1, -0.05) is 23.2 Å². The molecule has 1 N–H and O–H groups in total. The van der Waals surface area contributed by atoms with Gasteiger partial charge in [0.05, 0.1) is 22.7 Å². The second-order valence-corrected chi connectivity index (χ2v) is 7.91. The van der Waals surface area contributed by atoms with Crippen molar-refractivity contribution in [2.45, 2.75) is 25.6 Å². The van der Waals surface area contributed by atoms with E-state index in [0.29, 0.717) is 44.7 Å². The number of halogens is 2. The topological polar surface area (TPSA) is 63.9 Å². The zero-order chi connectivity index (χ0) is 20.4. The summed E-state index contributed by atoms with van der Waals surface area (Å²) in [5.74, 6) is 1.52. The molecule has 2 aromatic rings. The third-order valence-corrected chi connectivity index (χ3v) is 5.68. The van der Waals surface area contributed by atoms with E-state index in [9.17, 15) is 4.79 Å². The molecule has 0 radical (unpaired) electrons. The van der Waals surface area contributed by atoms with Crippen molar-refractivity contribution < 1.29 is 18.7 Å². The predicted molar refractivity (Wildman–Crippen MR) is 114 cm³/mol. The molecule has 0 saturated carbocycles. The van der Waals surface area contributed by atoms with Crippen LogP contribution in [0.2, 0.25) is 10.0 Å². The molecule has 2 aliphatic rings. The summed E-state index contributed by atoms with van der Waals surface area (Å²) >= 11 is 17.2. The Labute approximate surface area is 183 Å². The molecular weight excluding hydrogens is 435 g/mol. The van der Waals surface area contributed by atoms with Crippen LogP contribution in [-0.2, 0) is 16.1 Å². The largest absolute Gasteiger partial charge is 0.486 e. The fourth-order valence-electron chi connectivity index (χ4n) is 3.14. The smallest absolute Gasteiger partial charge is 0.276 e. The zero-order valence-corrected chi connectivity index (χ0v) is 17.6. The minimum Gasteiger partial charge on any atom is -0.486 e. The van der Waals surface area contributed by atoms with Crippen molar-refractivity contribution in [1.82, 2.24) is 10.2 Å². The summed E-state index contributed by atoms with van der Waals surface area (Å²) in [6.45, 7) is 1.41. The number of hydrogen-bond donors (Lipinski definition) is 1. The number of ether oxygens (including phenoxy) is 2. The summed E-state index contributed by atoms with van der Waals surface area (Å²) in [5.41, 5.74) is 0.374. The Morgan fingerprint density at radius 3 is 2.90 bits per heavy atom. The fraction of sp³-hybridized carbons (Fsp3) is 0.300. The van der Waals surface area contributed by atoms with Crippen LogP contribution in [-0.4, -0.2) is 35.2 Å². The average Bonchev–Trinajstić information content (AvgIpc) is 3.42. The Morgan fingerprint density at radius 2 is 2.14 bits per heavy atom. The molecule has 1 aromatic heterocycles. The van der Waals surface area contributed by atoms with Crippen molar-refractivity contribution in [3.8, 4) is 5.75 Å². The van der Waals surface area contributed by atoms with Crippen LogP contribution >= 0.6 is 35.4 Å². The van der Waals surface area contributed by atoms with Gasteiger partial charge in [-0.25, -0.2) is 0 Å². The van der Waals surface area contributed by atoms with Crippen molar-refractivity contribution in [3.05, 3.63) is 57.6 Å². The summed E-state index contributed by atoms with van der Waals surface area (Å²) in [6, 6.07) is 8.58. The molecular formula is C20H18Cl2N2O4S. The lowest BCUT2D eigenvalue weighted by atomic mass is 10.2. The monoisotopic (exact) mass is 452 g/mol. The minimum absolute atomic E-state index is 0.0341. The lowest BCUT2D eigenvalue weighted by Gasteiger charge is -2.18. The van der Waals surface area contributed by atoms with Crippen molar-refractivity contribution >= 4 is 52.5 Å². The van der Waals surface area contributed by atoms with Gasteiger partial charge in [0.25, 0.3) is 5.91 Å². The summed E-state index contributed by atoms with van der Waals surface area (Å²) in [5, 5.41) is 4.21. The van der Waals surface area contributed by atoms with Crippen molar-refractivity contribution in [3.63, 3.8) is 0 Å². The Hall–Kier alpha value is -2.06. The van der Waals surface area contributed by atoms with E-state index in [0.717, 1.165) is 19.4 Å². The van der Waals surface area contributed by atoms with Crippen LogP contribution in [0.5, 0.6) is 5.75 Å². The predicted octanol–water partition coefficient (Wildman–Crippen LogP) is 4.40. The first-order valence-electron chi connectivity index (χ1n) is 9.12. The van der Waals surface area contributed by atoms with Crippen LogP contribution in [0.25, 0.3) is 6.08 Å². The van der Waals surface area contributed by atoms with Crippen molar-refractivity contribution in [1.29, 1.82) is 0 Å². The van der Waals surface area contributed by atoms with E-state index in [1.54, 1.807) is 36.4 Å². The number of hydrogen-bond acceptors (Lipinski definition) is 5. The molecule has 6 nitrogen and oxygen atoms in total. The van der Waals surface area contributed by atoms with E-state index in [-0.39, 0.29) is 18.6 Å². The highest BCUT2D eigenvalue weighted by molar-refractivity contribution is 7.80. The quantitative estimate of drug-likeness (QED) is 0.517. The molecule has 1 unspecified atom stereocenters. The Bertz CT molecular complexity index is 969. The minimum atomic E-state index is -0.185. The van der Waals surface area contributed by atoms with Crippen LogP contribution in [0.4, 0.5) is 0 Å². The van der Waals surface area contributed by atoms with Gasteiger partial charge in [0, 0.05) is 18.7 Å². The average molecular weight is 453 g/mol. The van der Waals surface area contributed by atoms with Crippen LogP contribution < -0.4 is 10.1 Å². The molecule has 2 fully saturated rings. The highest BCUT2D eigenvalue weighted by Gasteiger charge is 2.33. The number of nitrogens with zero attached hydrogens (tertiary/aromatic N) is 1. The van der Waals surface area contributed by atoms with Crippen LogP contribution in [0.3, 0.4) is 0 Å². The first-order valence-corrected chi connectivity index (χ1v) is 10.3. The summed E-state index contributed by atoms with van der Waals surface area (Å²) in [6.07, 6.45) is 3.61. The summed E-state index contributed by atoms with van der Waals surface area (Å²) < 4.78 is 17.0. The zero-order valence-electron chi connectivity index (χ0n) is 15.3. The lowest BCUT2D eigenvalue weighted by Crippen LogP contribution is -2.37. The van der Waals surface area contributed by atoms with E-state index in [2.05, 4.69) is 5.32 Å². The van der Waals surface area contributed by atoms with Crippen LogP contribution in [0, 0.1) is 0 Å². The third kappa shape index (κ3) is 4.75. The lowest BCUT2D eigenvalue weighted by molar-refractivity contribution is -0.123. The molecule has 2 saturated heterocycles. The molecule has 2 aliphatic heterocycles. The van der Waals surface area contributed by atoms with Gasteiger partial charge in [-0.2, -0.15) is 0 Å². The number of carbonyl (C=O) groups is 1. The van der Waals surface area contributed by atoms with E-state index in [4.69, 9.17) is 49.3 Å². The molecule has 0 spiro atoms. The van der Waals surface area contributed by atoms with Crippen LogP contribution in [0.15, 0.2) is 40.4 Å².